The number of rotatable bonds is 12. The molecule has 21 heavy (non-hydrogen) atoms. The van der Waals surface area contributed by atoms with Crippen LogP contribution in [0.15, 0.2) is 24.3 Å². The summed E-state index contributed by atoms with van der Waals surface area (Å²) in [6, 6.07) is 8.09. The molecule has 0 unspecified atom stereocenters. The van der Waals surface area contributed by atoms with E-state index >= 15 is 0 Å². The van der Waals surface area contributed by atoms with Gasteiger partial charge in [-0.15, -0.1) is 0 Å². The molecule has 0 radical (unpaired) electrons. The lowest BCUT2D eigenvalue weighted by atomic mass is 10.3. The number of nitrogens with one attached hydrogen (secondary N) is 2. The van der Waals surface area contributed by atoms with Gasteiger partial charge in [0, 0.05) is 13.1 Å². The molecule has 0 saturated heterocycles. The Morgan fingerprint density at radius 2 is 1.81 bits per heavy atom. The summed E-state index contributed by atoms with van der Waals surface area (Å²) in [4.78, 5) is 2.42. The number of para-hydroxylation sites is 2. The summed E-state index contributed by atoms with van der Waals surface area (Å²) in [5.74, 6) is 0.918. The van der Waals surface area contributed by atoms with E-state index in [1.165, 1.54) is 12.8 Å². The summed E-state index contributed by atoms with van der Waals surface area (Å²) < 4.78 is 5.90. The van der Waals surface area contributed by atoms with E-state index in [0.717, 1.165) is 50.6 Å². The molecule has 0 aliphatic heterocycles. The smallest absolute Gasteiger partial charge is 0.143 e. The van der Waals surface area contributed by atoms with Gasteiger partial charge >= 0.3 is 0 Å². The molecule has 0 aromatic heterocycles. The molecule has 4 nitrogen and oxygen atoms in total. The van der Waals surface area contributed by atoms with Crippen molar-refractivity contribution in [2.75, 3.05) is 38.2 Å². The zero-order valence-corrected chi connectivity index (χ0v) is 13.8. The summed E-state index contributed by atoms with van der Waals surface area (Å²) in [5, 5.41) is 0. The molecular formula is C17H31N3O. The second-order valence-electron chi connectivity index (χ2n) is 5.13. The van der Waals surface area contributed by atoms with Crippen LogP contribution < -0.4 is 15.6 Å². The highest BCUT2D eigenvalue weighted by Gasteiger charge is 2.03. The highest BCUT2D eigenvalue weighted by molar-refractivity contribution is 5.55. The Kier molecular flexibility index (Phi) is 9.66. The van der Waals surface area contributed by atoms with Gasteiger partial charge in [-0.05, 0) is 38.1 Å². The van der Waals surface area contributed by atoms with Crippen LogP contribution >= 0.6 is 0 Å². The molecule has 0 saturated carbocycles. The van der Waals surface area contributed by atoms with Crippen LogP contribution in [0.2, 0.25) is 0 Å². The normalized spacial score (nSPS) is 10.9. The molecule has 0 bridgehead atoms. The molecule has 0 atom stereocenters. The molecular weight excluding hydrogens is 262 g/mol. The number of unbranched alkanes of at least 4 members (excludes halogenated alkanes) is 1. The summed E-state index contributed by atoms with van der Waals surface area (Å²) in [6.45, 7) is 11.6. The van der Waals surface area contributed by atoms with Gasteiger partial charge in [0.25, 0.3) is 0 Å². The van der Waals surface area contributed by atoms with Crippen LogP contribution in [0.3, 0.4) is 0 Å². The first-order chi connectivity index (χ1) is 10.3. The third-order valence-corrected chi connectivity index (χ3v) is 3.54. The van der Waals surface area contributed by atoms with Gasteiger partial charge in [0.2, 0.25) is 0 Å². The van der Waals surface area contributed by atoms with Crippen LogP contribution in [0.4, 0.5) is 5.69 Å². The summed E-state index contributed by atoms with van der Waals surface area (Å²) in [7, 11) is 0. The molecule has 1 aromatic carbocycles. The molecule has 0 aliphatic carbocycles. The zero-order chi connectivity index (χ0) is 15.3. The van der Waals surface area contributed by atoms with Gasteiger partial charge in [-0.1, -0.05) is 39.3 Å². The average Bonchev–Trinajstić information content (AvgIpc) is 2.53. The quantitative estimate of drug-likeness (QED) is 0.457. The zero-order valence-electron chi connectivity index (χ0n) is 13.8. The number of nitrogens with zero attached hydrogens (tertiary/aromatic N) is 1. The number of benzene rings is 1. The number of anilines is 1. The van der Waals surface area contributed by atoms with E-state index in [0.29, 0.717) is 0 Å². The maximum Gasteiger partial charge on any atom is 0.143 e. The molecule has 1 aromatic rings. The molecule has 1 rings (SSSR count). The van der Waals surface area contributed by atoms with Crippen molar-refractivity contribution in [2.24, 2.45) is 0 Å². The van der Waals surface area contributed by atoms with E-state index in [1.807, 2.05) is 24.3 Å². The Morgan fingerprint density at radius 3 is 2.52 bits per heavy atom. The monoisotopic (exact) mass is 293 g/mol. The fourth-order valence-corrected chi connectivity index (χ4v) is 2.13. The van der Waals surface area contributed by atoms with Crippen LogP contribution in [0.1, 0.15) is 40.0 Å². The van der Waals surface area contributed by atoms with Gasteiger partial charge in [-0.25, -0.2) is 5.43 Å². The van der Waals surface area contributed by atoms with Gasteiger partial charge in [-0.3, -0.25) is 0 Å². The average molecular weight is 293 g/mol. The number of hydrazine groups is 1. The van der Waals surface area contributed by atoms with Crippen molar-refractivity contribution in [2.45, 2.75) is 40.0 Å². The Morgan fingerprint density at radius 1 is 1.05 bits per heavy atom. The molecule has 0 aliphatic rings. The number of hydrogen-bond donors (Lipinski definition) is 2. The minimum atomic E-state index is 0.754. The topological polar surface area (TPSA) is 36.5 Å². The minimum absolute atomic E-state index is 0.754. The van der Waals surface area contributed by atoms with E-state index in [2.05, 4.69) is 36.5 Å². The first kappa shape index (κ1) is 17.8. The van der Waals surface area contributed by atoms with Crippen LogP contribution in [0.25, 0.3) is 0 Å². The second-order valence-corrected chi connectivity index (χ2v) is 5.13. The molecule has 0 heterocycles. The van der Waals surface area contributed by atoms with Crippen LogP contribution in [0, 0.1) is 0 Å². The van der Waals surface area contributed by atoms with Gasteiger partial charge in [0.15, 0.2) is 0 Å². The van der Waals surface area contributed by atoms with Crippen molar-refractivity contribution in [3.05, 3.63) is 24.3 Å². The van der Waals surface area contributed by atoms with Crippen LogP contribution in [0.5, 0.6) is 5.75 Å². The van der Waals surface area contributed by atoms with Crippen molar-refractivity contribution >= 4 is 5.69 Å². The standard InChI is InChI=1S/C17H31N3O/c1-4-7-13-18-19-16-11-8-9-12-17(16)21-15-10-14-20(5-2)6-3/h8-9,11-12,18-19H,4-7,10,13-15H2,1-3H3. The maximum absolute atomic E-state index is 5.90. The number of ether oxygens (including phenoxy) is 1. The molecule has 0 fully saturated rings. The van der Waals surface area contributed by atoms with Crippen molar-refractivity contribution in [3.63, 3.8) is 0 Å². The molecule has 120 valence electrons. The molecule has 0 spiro atoms. The summed E-state index contributed by atoms with van der Waals surface area (Å²) >= 11 is 0. The van der Waals surface area contributed by atoms with Crippen molar-refractivity contribution < 1.29 is 4.74 Å². The second kappa shape index (κ2) is 11.4. The summed E-state index contributed by atoms with van der Waals surface area (Å²) in [6.07, 6.45) is 3.41. The fourth-order valence-electron chi connectivity index (χ4n) is 2.13. The van der Waals surface area contributed by atoms with Gasteiger partial charge < -0.3 is 15.1 Å². The lowest BCUT2D eigenvalue weighted by molar-refractivity contribution is 0.249. The first-order valence-electron chi connectivity index (χ1n) is 8.24. The Bertz CT molecular complexity index is 367. The predicted octanol–water partition coefficient (Wildman–Crippen LogP) is 3.51. The first-order valence-corrected chi connectivity index (χ1v) is 8.24. The van der Waals surface area contributed by atoms with Crippen LogP contribution in [-0.4, -0.2) is 37.7 Å². The van der Waals surface area contributed by atoms with Gasteiger partial charge in [-0.2, -0.15) is 0 Å². The predicted molar refractivity (Wildman–Crippen MR) is 90.9 cm³/mol. The van der Waals surface area contributed by atoms with E-state index in [9.17, 15) is 0 Å². The summed E-state index contributed by atoms with van der Waals surface area (Å²) in [5.41, 5.74) is 7.48. The Labute approximate surface area is 129 Å². The highest BCUT2D eigenvalue weighted by Crippen LogP contribution is 2.22. The number of hydrogen-bond acceptors (Lipinski definition) is 4. The van der Waals surface area contributed by atoms with E-state index in [1.54, 1.807) is 0 Å². The van der Waals surface area contributed by atoms with Crippen molar-refractivity contribution in [1.29, 1.82) is 0 Å². The van der Waals surface area contributed by atoms with E-state index < -0.39 is 0 Å². The fraction of sp³-hybridized carbons (Fsp3) is 0.647. The van der Waals surface area contributed by atoms with E-state index in [4.69, 9.17) is 4.74 Å². The van der Waals surface area contributed by atoms with Crippen LogP contribution in [-0.2, 0) is 0 Å². The SMILES string of the molecule is CCCCNNc1ccccc1OCCCN(CC)CC. The lowest BCUT2D eigenvalue weighted by Crippen LogP contribution is -2.25. The third-order valence-electron chi connectivity index (χ3n) is 3.54. The Balaban J connectivity index is 2.33. The highest BCUT2D eigenvalue weighted by atomic mass is 16.5. The lowest BCUT2D eigenvalue weighted by Gasteiger charge is -2.18. The van der Waals surface area contributed by atoms with Crippen molar-refractivity contribution in [1.82, 2.24) is 10.3 Å². The Hall–Kier alpha value is -1.26. The molecule has 0 amide bonds. The maximum atomic E-state index is 5.90. The van der Waals surface area contributed by atoms with E-state index in [-0.39, 0.29) is 0 Å². The van der Waals surface area contributed by atoms with Gasteiger partial charge in [0.1, 0.15) is 5.75 Å². The minimum Gasteiger partial charge on any atom is -0.491 e. The van der Waals surface area contributed by atoms with Crippen molar-refractivity contribution in [3.8, 4) is 5.75 Å². The molecule has 4 heteroatoms. The van der Waals surface area contributed by atoms with Gasteiger partial charge in [0.05, 0.1) is 12.3 Å². The molecule has 2 N–H and O–H groups in total. The largest absolute Gasteiger partial charge is 0.491 e. The third kappa shape index (κ3) is 7.34.